The maximum absolute atomic E-state index is 5.93. The highest BCUT2D eigenvalue weighted by Crippen LogP contribution is 2.18. The molecule has 0 saturated carbocycles. The molecule has 0 radical (unpaired) electrons. The highest BCUT2D eigenvalue weighted by Gasteiger charge is 2.21. The monoisotopic (exact) mass is 364 g/mol. The standard InChI is InChI=1S/C20H33ClN4/c1-4-22-20(23-12-11-17-7-9-19(21)10-8-17)24-14-18-6-5-13-25(15-18)16(2)3/h7-10,16,18H,4-6,11-15H2,1-3H3,(H2,22,23,24). The van der Waals surface area contributed by atoms with Gasteiger partial charge in [-0.15, -0.1) is 0 Å². The minimum atomic E-state index is 0.637. The van der Waals surface area contributed by atoms with E-state index >= 15 is 0 Å². The van der Waals surface area contributed by atoms with E-state index in [2.05, 4.69) is 48.4 Å². The SMILES string of the molecule is CCNC(=NCC1CCCN(C(C)C)C1)NCCc1ccc(Cl)cc1. The Balaban J connectivity index is 1.80. The lowest BCUT2D eigenvalue weighted by molar-refractivity contribution is 0.143. The number of piperidine rings is 1. The Morgan fingerprint density at radius 3 is 2.72 bits per heavy atom. The Labute approximate surface area is 158 Å². The van der Waals surface area contributed by atoms with Crippen molar-refractivity contribution in [3.8, 4) is 0 Å². The van der Waals surface area contributed by atoms with Crippen molar-refractivity contribution in [3.05, 3.63) is 34.9 Å². The minimum absolute atomic E-state index is 0.637. The molecule has 25 heavy (non-hydrogen) atoms. The fourth-order valence-electron chi connectivity index (χ4n) is 3.25. The number of guanidine groups is 1. The number of rotatable bonds is 7. The molecule has 1 atom stereocenters. The van der Waals surface area contributed by atoms with Crippen molar-refractivity contribution in [2.24, 2.45) is 10.9 Å². The number of benzene rings is 1. The van der Waals surface area contributed by atoms with E-state index in [0.29, 0.717) is 12.0 Å². The van der Waals surface area contributed by atoms with Crippen LogP contribution in [-0.4, -0.2) is 49.6 Å². The lowest BCUT2D eigenvalue weighted by Gasteiger charge is -2.34. The van der Waals surface area contributed by atoms with Crippen LogP contribution in [0.15, 0.2) is 29.3 Å². The summed E-state index contributed by atoms with van der Waals surface area (Å²) in [6.07, 6.45) is 3.54. The molecular formula is C20H33ClN4. The zero-order chi connectivity index (χ0) is 18.1. The number of halogens is 1. The van der Waals surface area contributed by atoms with E-state index in [1.54, 1.807) is 0 Å². The van der Waals surface area contributed by atoms with Crippen molar-refractivity contribution in [2.75, 3.05) is 32.7 Å². The Bertz CT molecular complexity index is 527. The van der Waals surface area contributed by atoms with Crippen LogP contribution in [0.1, 0.15) is 39.2 Å². The molecule has 0 aromatic heterocycles. The van der Waals surface area contributed by atoms with E-state index in [9.17, 15) is 0 Å². The summed E-state index contributed by atoms with van der Waals surface area (Å²) in [6.45, 7) is 11.7. The van der Waals surface area contributed by atoms with E-state index in [4.69, 9.17) is 16.6 Å². The Kier molecular flexibility index (Phi) is 8.56. The Hall–Kier alpha value is -1.26. The van der Waals surface area contributed by atoms with Gasteiger partial charge in [0.25, 0.3) is 0 Å². The summed E-state index contributed by atoms with van der Waals surface area (Å²) in [5.41, 5.74) is 1.28. The third kappa shape index (κ3) is 7.25. The predicted molar refractivity (Wildman–Crippen MR) is 109 cm³/mol. The van der Waals surface area contributed by atoms with Gasteiger partial charge in [-0.25, -0.2) is 0 Å². The summed E-state index contributed by atoms with van der Waals surface area (Å²) in [7, 11) is 0. The van der Waals surface area contributed by atoms with Gasteiger partial charge in [-0.3, -0.25) is 4.99 Å². The van der Waals surface area contributed by atoms with Gasteiger partial charge in [-0.1, -0.05) is 23.7 Å². The smallest absolute Gasteiger partial charge is 0.191 e. The molecule has 4 nitrogen and oxygen atoms in total. The molecule has 1 aromatic carbocycles. The third-order valence-corrected chi connectivity index (χ3v) is 5.00. The highest BCUT2D eigenvalue weighted by molar-refractivity contribution is 6.30. The van der Waals surface area contributed by atoms with Crippen LogP contribution in [0, 0.1) is 5.92 Å². The van der Waals surface area contributed by atoms with E-state index < -0.39 is 0 Å². The van der Waals surface area contributed by atoms with Crippen molar-refractivity contribution in [3.63, 3.8) is 0 Å². The summed E-state index contributed by atoms with van der Waals surface area (Å²) in [5.74, 6) is 1.60. The summed E-state index contributed by atoms with van der Waals surface area (Å²) < 4.78 is 0. The van der Waals surface area contributed by atoms with Crippen LogP contribution >= 0.6 is 11.6 Å². The first-order chi connectivity index (χ1) is 12.1. The number of aliphatic imine (C=N–C) groups is 1. The van der Waals surface area contributed by atoms with Crippen molar-refractivity contribution in [1.29, 1.82) is 0 Å². The molecule has 140 valence electrons. The minimum Gasteiger partial charge on any atom is -0.357 e. The number of hydrogen-bond donors (Lipinski definition) is 2. The van der Waals surface area contributed by atoms with Crippen LogP contribution in [-0.2, 0) is 6.42 Å². The van der Waals surface area contributed by atoms with Gasteiger partial charge in [-0.2, -0.15) is 0 Å². The largest absolute Gasteiger partial charge is 0.357 e. The molecule has 1 aliphatic rings. The fraction of sp³-hybridized carbons (Fsp3) is 0.650. The molecule has 0 bridgehead atoms. The number of nitrogens with zero attached hydrogens (tertiary/aromatic N) is 2. The molecule has 1 unspecified atom stereocenters. The van der Waals surface area contributed by atoms with Crippen LogP contribution in [0.2, 0.25) is 5.02 Å². The molecular weight excluding hydrogens is 332 g/mol. The summed E-state index contributed by atoms with van der Waals surface area (Å²) in [6, 6.07) is 8.68. The fourth-order valence-corrected chi connectivity index (χ4v) is 3.38. The van der Waals surface area contributed by atoms with Gasteiger partial charge in [0.2, 0.25) is 0 Å². The van der Waals surface area contributed by atoms with Gasteiger partial charge in [0.1, 0.15) is 0 Å². The van der Waals surface area contributed by atoms with Crippen molar-refractivity contribution in [1.82, 2.24) is 15.5 Å². The average Bonchev–Trinajstić information content (AvgIpc) is 2.61. The molecule has 2 N–H and O–H groups in total. The normalized spacial score (nSPS) is 19.2. The first-order valence-electron chi connectivity index (χ1n) is 9.59. The number of likely N-dealkylation sites (tertiary alicyclic amines) is 1. The number of nitrogens with one attached hydrogen (secondary N) is 2. The van der Waals surface area contributed by atoms with Crippen molar-refractivity contribution >= 4 is 17.6 Å². The van der Waals surface area contributed by atoms with Crippen LogP contribution in [0.25, 0.3) is 0 Å². The zero-order valence-corrected chi connectivity index (χ0v) is 16.6. The maximum Gasteiger partial charge on any atom is 0.191 e. The second-order valence-electron chi connectivity index (χ2n) is 7.12. The molecule has 1 saturated heterocycles. The zero-order valence-electron chi connectivity index (χ0n) is 15.9. The molecule has 0 amide bonds. The molecule has 0 spiro atoms. The summed E-state index contributed by atoms with van der Waals surface area (Å²) in [4.78, 5) is 7.40. The molecule has 1 aromatic rings. The third-order valence-electron chi connectivity index (χ3n) is 4.75. The first-order valence-corrected chi connectivity index (χ1v) is 9.97. The molecule has 1 fully saturated rings. The molecule has 1 heterocycles. The summed E-state index contributed by atoms with van der Waals surface area (Å²) in [5, 5.41) is 7.59. The first kappa shape index (κ1) is 20.1. The van der Waals surface area contributed by atoms with E-state index in [1.807, 2.05) is 12.1 Å². The highest BCUT2D eigenvalue weighted by atomic mass is 35.5. The van der Waals surface area contributed by atoms with Crippen LogP contribution < -0.4 is 10.6 Å². The quantitative estimate of drug-likeness (QED) is 0.574. The van der Waals surface area contributed by atoms with Gasteiger partial charge >= 0.3 is 0 Å². The van der Waals surface area contributed by atoms with Crippen LogP contribution in [0.3, 0.4) is 0 Å². The van der Waals surface area contributed by atoms with Gasteiger partial charge < -0.3 is 15.5 Å². The second kappa shape index (κ2) is 10.7. The molecule has 1 aliphatic heterocycles. The Morgan fingerprint density at radius 2 is 2.04 bits per heavy atom. The van der Waals surface area contributed by atoms with E-state index in [0.717, 1.165) is 37.0 Å². The van der Waals surface area contributed by atoms with Gasteiger partial charge in [0.15, 0.2) is 5.96 Å². The predicted octanol–water partition coefficient (Wildman–Crippen LogP) is 3.56. The van der Waals surface area contributed by atoms with Crippen molar-refractivity contribution in [2.45, 2.75) is 46.1 Å². The van der Waals surface area contributed by atoms with Crippen LogP contribution in [0.5, 0.6) is 0 Å². The van der Waals surface area contributed by atoms with Gasteiger partial charge in [0.05, 0.1) is 0 Å². The second-order valence-corrected chi connectivity index (χ2v) is 7.56. The summed E-state index contributed by atoms with van der Waals surface area (Å²) >= 11 is 5.93. The lowest BCUT2D eigenvalue weighted by atomic mass is 9.97. The molecule has 2 rings (SSSR count). The number of hydrogen-bond acceptors (Lipinski definition) is 2. The van der Waals surface area contributed by atoms with Crippen LogP contribution in [0.4, 0.5) is 0 Å². The van der Waals surface area contributed by atoms with E-state index in [1.165, 1.54) is 31.5 Å². The van der Waals surface area contributed by atoms with Gasteiger partial charge in [0, 0.05) is 37.2 Å². The van der Waals surface area contributed by atoms with E-state index in [-0.39, 0.29) is 0 Å². The topological polar surface area (TPSA) is 39.7 Å². The van der Waals surface area contributed by atoms with Gasteiger partial charge in [-0.05, 0) is 70.2 Å². The molecule has 0 aliphatic carbocycles. The average molecular weight is 365 g/mol. The Morgan fingerprint density at radius 1 is 1.28 bits per heavy atom. The lowest BCUT2D eigenvalue weighted by Crippen LogP contribution is -2.42. The van der Waals surface area contributed by atoms with Crippen molar-refractivity contribution < 1.29 is 0 Å². The maximum atomic E-state index is 5.93. The molecule has 5 heteroatoms.